The predicted octanol–water partition coefficient (Wildman–Crippen LogP) is 2.76. The van der Waals surface area contributed by atoms with E-state index in [4.69, 9.17) is 5.11 Å². The van der Waals surface area contributed by atoms with Gasteiger partial charge >= 0.3 is 0 Å². The Hall–Kier alpha value is -1.05. The molecule has 0 aromatic rings. The maximum Gasteiger partial charge on any atom is 0.163 e. The second-order valence-electron chi connectivity index (χ2n) is 2.36. The number of Topliss-reactive ketones (excluding diaryl/α,β-unsaturated/α-hetero) is 1. The van der Waals surface area contributed by atoms with Crippen molar-refractivity contribution < 1.29 is 9.90 Å². The molecule has 12 heavy (non-hydrogen) atoms. The summed E-state index contributed by atoms with van der Waals surface area (Å²) in [5, 5.41) is 9.15. The summed E-state index contributed by atoms with van der Waals surface area (Å²) in [5.41, 5.74) is 0.464. The number of hydrogen-bond donors (Lipinski definition) is 1. The zero-order valence-electron chi connectivity index (χ0n) is 7.92. The molecule has 0 saturated carbocycles. The van der Waals surface area contributed by atoms with Crippen LogP contribution in [0.25, 0.3) is 0 Å². The lowest BCUT2D eigenvalue weighted by molar-refractivity contribution is -0.113. The first kappa shape index (κ1) is 11.0. The Kier molecular flexibility index (Phi) is 5.09. The second kappa shape index (κ2) is 5.58. The van der Waals surface area contributed by atoms with E-state index < -0.39 is 0 Å². The molecule has 68 valence electrons. The van der Waals surface area contributed by atoms with E-state index in [-0.39, 0.29) is 11.5 Å². The van der Waals surface area contributed by atoms with Gasteiger partial charge in [0.15, 0.2) is 5.78 Å². The van der Waals surface area contributed by atoms with Crippen LogP contribution in [-0.4, -0.2) is 10.9 Å². The standard InChI is InChI=1S/C8H10O2.C2H6/c1-6(9)7-4-2-3-5-8(7)10;1-2/h2,4,10H,3,5H2,1H3;1-2H3. The van der Waals surface area contributed by atoms with Gasteiger partial charge in [0.25, 0.3) is 0 Å². The summed E-state index contributed by atoms with van der Waals surface area (Å²) in [6, 6.07) is 0. The van der Waals surface area contributed by atoms with Crippen LogP contribution in [-0.2, 0) is 4.79 Å². The van der Waals surface area contributed by atoms with Crippen LogP contribution in [0.1, 0.15) is 33.6 Å². The zero-order chi connectivity index (χ0) is 9.56. The molecule has 1 aliphatic carbocycles. The second-order valence-corrected chi connectivity index (χ2v) is 2.36. The Morgan fingerprint density at radius 1 is 1.50 bits per heavy atom. The third-order valence-corrected chi connectivity index (χ3v) is 1.52. The van der Waals surface area contributed by atoms with Crippen molar-refractivity contribution >= 4 is 5.78 Å². The quantitative estimate of drug-likeness (QED) is 0.653. The largest absolute Gasteiger partial charge is 0.512 e. The average Bonchev–Trinajstić information content (AvgIpc) is 2.08. The molecule has 0 aromatic carbocycles. The van der Waals surface area contributed by atoms with Gasteiger partial charge in [-0.1, -0.05) is 26.0 Å². The van der Waals surface area contributed by atoms with Crippen LogP contribution in [0.15, 0.2) is 23.5 Å². The summed E-state index contributed by atoms with van der Waals surface area (Å²) in [7, 11) is 0. The predicted molar refractivity (Wildman–Crippen MR) is 50.1 cm³/mol. The van der Waals surface area contributed by atoms with Crippen LogP contribution in [0, 0.1) is 0 Å². The number of rotatable bonds is 1. The first-order chi connectivity index (χ1) is 5.72. The van der Waals surface area contributed by atoms with E-state index in [1.807, 2.05) is 19.9 Å². The van der Waals surface area contributed by atoms with Gasteiger partial charge in [0.05, 0.1) is 5.57 Å². The van der Waals surface area contributed by atoms with Crippen molar-refractivity contribution in [3.63, 3.8) is 0 Å². The minimum atomic E-state index is -0.0616. The summed E-state index contributed by atoms with van der Waals surface area (Å²) in [4.78, 5) is 10.7. The molecular formula is C10H16O2. The lowest BCUT2D eigenvalue weighted by Gasteiger charge is -2.06. The van der Waals surface area contributed by atoms with E-state index in [1.165, 1.54) is 6.92 Å². The Morgan fingerprint density at radius 3 is 2.42 bits per heavy atom. The van der Waals surface area contributed by atoms with Crippen LogP contribution >= 0.6 is 0 Å². The van der Waals surface area contributed by atoms with Gasteiger partial charge in [0, 0.05) is 6.42 Å². The summed E-state index contributed by atoms with van der Waals surface area (Å²) >= 11 is 0. The van der Waals surface area contributed by atoms with E-state index in [0.29, 0.717) is 12.0 Å². The monoisotopic (exact) mass is 168 g/mol. The van der Waals surface area contributed by atoms with E-state index in [1.54, 1.807) is 6.08 Å². The molecule has 1 aliphatic rings. The SMILES string of the molecule is CC.CC(=O)C1=C(O)CCC=C1. The molecule has 0 fully saturated rings. The van der Waals surface area contributed by atoms with E-state index in [0.717, 1.165) is 6.42 Å². The molecular weight excluding hydrogens is 152 g/mol. The lowest BCUT2D eigenvalue weighted by Crippen LogP contribution is -2.01. The maximum absolute atomic E-state index is 10.7. The van der Waals surface area contributed by atoms with Crippen LogP contribution in [0.3, 0.4) is 0 Å². The first-order valence-corrected chi connectivity index (χ1v) is 4.31. The molecule has 0 unspecified atom stereocenters. The minimum Gasteiger partial charge on any atom is -0.512 e. The number of aliphatic hydroxyl groups is 1. The summed E-state index contributed by atoms with van der Waals surface area (Å²) in [5.74, 6) is 0.170. The molecule has 0 aromatic heterocycles. The van der Waals surface area contributed by atoms with Crippen molar-refractivity contribution in [3.05, 3.63) is 23.5 Å². The highest BCUT2D eigenvalue weighted by Crippen LogP contribution is 2.16. The summed E-state index contributed by atoms with van der Waals surface area (Å²) in [6.45, 7) is 5.46. The van der Waals surface area contributed by atoms with Crippen LogP contribution in [0.4, 0.5) is 0 Å². The average molecular weight is 168 g/mol. The molecule has 2 nitrogen and oxygen atoms in total. The van der Waals surface area contributed by atoms with E-state index in [9.17, 15) is 4.79 Å². The van der Waals surface area contributed by atoms with Gasteiger partial charge in [-0.3, -0.25) is 4.79 Å². The Morgan fingerprint density at radius 2 is 2.08 bits per heavy atom. The van der Waals surface area contributed by atoms with Crippen molar-refractivity contribution in [2.75, 3.05) is 0 Å². The van der Waals surface area contributed by atoms with E-state index in [2.05, 4.69) is 0 Å². The number of carbonyl (C=O) groups excluding carboxylic acids is 1. The minimum absolute atomic E-state index is 0.0616. The van der Waals surface area contributed by atoms with Crippen molar-refractivity contribution in [2.24, 2.45) is 0 Å². The highest BCUT2D eigenvalue weighted by atomic mass is 16.3. The third-order valence-electron chi connectivity index (χ3n) is 1.52. The fourth-order valence-electron chi connectivity index (χ4n) is 0.973. The van der Waals surface area contributed by atoms with Crippen molar-refractivity contribution in [2.45, 2.75) is 33.6 Å². The molecule has 0 spiro atoms. The number of aliphatic hydroxyl groups excluding tert-OH is 1. The van der Waals surface area contributed by atoms with Gasteiger partial charge in [-0.2, -0.15) is 0 Å². The molecule has 0 bridgehead atoms. The molecule has 1 rings (SSSR count). The van der Waals surface area contributed by atoms with Crippen molar-refractivity contribution in [3.8, 4) is 0 Å². The van der Waals surface area contributed by atoms with Gasteiger partial charge < -0.3 is 5.11 Å². The van der Waals surface area contributed by atoms with Gasteiger partial charge in [-0.15, -0.1) is 0 Å². The number of carbonyl (C=O) groups is 1. The molecule has 2 heteroatoms. The van der Waals surface area contributed by atoms with Gasteiger partial charge in [0.1, 0.15) is 5.76 Å². The molecule has 0 aliphatic heterocycles. The molecule has 0 heterocycles. The van der Waals surface area contributed by atoms with Crippen LogP contribution < -0.4 is 0 Å². The van der Waals surface area contributed by atoms with Gasteiger partial charge in [-0.05, 0) is 13.3 Å². The van der Waals surface area contributed by atoms with Crippen LogP contribution in [0.2, 0.25) is 0 Å². The first-order valence-electron chi connectivity index (χ1n) is 4.31. The normalized spacial score (nSPS) is 15.2. The maximum atomic E-state index is 10.7. The Balaban J connectivity index is 0.000000561. The Bertz CT molecular complexity index is 212. The zero-order valence-corrected chi connectivity index (χ0v) is 7.92. The molecule has 0 amide bonds. The third kappa shape index (κ3) is 2.91. The highest BCUT2D eigenvalue weighted by Gasteiger charge is 2.09. The smallest absolute Gasteiger partial charge is 0.163 e. The Labute approximate surface area is 73.6 Å². The highest BCUT2D eigenvalue weighted by molar-refractivity contribution is 5.96. The van der Waals surface area contributed by atoms with Crippen molar-refractivity contribution in [1.29, 1.82) is 0 Å². The van der Waals surface area contributed by atoms with Crippen LogP contribution in [0.5, 0.6) is 0 Å². The molecule has 0 saturated heterocycles. The molecule has 0 atom stereocenters. The van der Waals surface area contributed by atoms with E-state index >= 15 is 0 Å². The fourth-order valence-corrected chi connectivity index (χ4v) is 0.973. The molecule has 1 N–H and O–H groups in total. The fraction of sp³-hybridized carbons (Fsp3) is 0.500. The van der Waals surface area contributed by atoms with Gasteiger partial charge in [-0.25, -0.2) is 0 Å². The number of hydrogen-bond acceptors (Lipinski definition) is 2. The summed E-state index contributed by atoms with van der Waals surface area (Å²) < 4.78 is 0. The van der Waals surface area contributed by atoms with Gasteiger partial charge in [0.2, 0.25) is 0 Å². The van der Waals surface area contributed by atoms with Crippen molar-refractivity contribution in [1.82, 2.24) is 0 Å². The topological polar surface area (TPSA) is 37.3 Å². The number of ketones is 1. The summed E-state index contributed by atoms with van der Waals surface area (Å²) in [6.07, 6.45) is 5.02. The number of allylic oxidation sites excluding steroid dienone is 4. The lowest BCUT2D eigenvalue weighted by atomic mass is 10.0. The molecule has 0 radical (unpaired) electrons.